The third-order valence-corrected chi connectivity index (χ3v) is 9.74. The van der Waals surface area contributed by atoms with E-state index in [0.717, 1.165) is 42.6 Å². The molecule has 2 heterocycles. The Labute approximate surface area is 267 Å². The van der Waals surface area contributed by atoms with Crippen LogP contribution in [0.3, 0.4) is 0 Å². The topological polar surface area (TPSA) is 102 Å². The van der Waals surface area contributed by atoms with Gasteiger partial charge in [0.15, 0.2) is 15.3 Å². The van der Waals surface area contributed by atoms with Crippen molar-refractivity contribution in [2.75, 3.05) is 22.1 Å². The molecule has 2 aromatic heterocycles. The molecule has 2 N–H and O–H groups in total. The highest BCUT2D eigenvalue weighted by molar-refractivity contribution is 8.01. The molecular formula is C33H28N6O2S3. The number of carbonyl (C=O) groups excluding carboxylic acids is 2. The van der Waals surface area contributed by atoms with Crippen molar-refractivity contribution < 1.29 is 9.59 Å². The first-order valence-corrected chi connectivity index (χ1v) is 16.6. The van der Waals surface area contributed by atoms with Crippen molar-refractivity contribution in [3.63, 3.8) is 0 Å². The molecule has 6 rings (SSSR count). The highest BCUT2D eigenvalue weighted by atomic mass is 32.2. The van der Waals surface area contributed by atoms with Gasteiger partial charge in [0.05, 0.1) is 21.7 Å². The minimum atomic E-state index is -0.152. The molecule has 0 saturated carbocycles. The fraction of sp³-hybridized carbons (Fsp3) is 0.121. The number of amides is 2. The van der Waals surface area contributed by atoms with Crippen LogP contribution in [0.4, 0.5) is 11.4 Å². The monoisotopic (exact) mass is 636 g/mol. The fourth-order valence-corrected chi connectivity index (χ4v) is 7.24. The quantitative estimate of drug-likeness (QED) is 0.149. The lowest BCUT2D eigenvalue weighted by Gasteiger charge is -2.10. The van der Waals surface area contributed by atoms with Gasteiger partial charge in [-0.2, -0.15) is 0 Å². The van der Waals surface area contributed by atoms with Gasteiger partial charge in [-0.15, -0.1) is 21.5 Å². The third kappa shape index (κ3) is 7.02. The highest BCUT2D eigenvalue weighted by Gasteiger charge is 2.17. The lowest BCUT2D eigenvalue weighted by atomic mass is 10.1. The molecular weight excluding hydrogens is 609 g/mol. The minimum absolute atomic E-state index is 0.0781. The second kappa shape index (κ2) is 13.5. The number of thiazole rings is 1. The summed E-state index contributed by atoms with van der Waals surface area (Å²) in [6.07, 6.45) is 0. The van der Waals surface area contributed by atoms with E-state index >= 15 is 0 Å². The number of benzene rings is 4. The van der Waals surface area contributed by atoms with Crippen LogP contribution in [0.2, 0.25) is 0 Å². The molecule has 0 unspecified atom stereocenters. The molecule has 0 spiro atoms. The molecule has 8 nitrogen and oxygen atoms in total. The molecule has 0 atom stereocenters. The number of aryl methyl sites for hydroxylation is 2. The van der Waals surface area contributed by atoms with E-state index in [1.807, 2.05) is 115 Å². The van der Waals surface area contributed by atoms with Crippen molar-refractivity contribution in [2.24, 2.45) is 0 Å². The van der Waals surface area contributed by atoms with Gasteiger partial charge in [-0.25, -0.2) is 4.98 Å². The van der Waals surface area contributed by atoms with Gasteiger partial charge >= 0.3 is 0 Å². The van der Waals surface area contributed by atoms with E-state index < -0.39 is 0 Å². The number of fused-ring (bicyclic) bond motifs is 1. The van der Waals surface area contributed by atoms with Crippen LogP contribution in [0.1, 0.15) is 11.1 Å². The number of anilines is 2. The van der Waals surface area contributed by atoms with Gasteiger partial charge in [0.1, 0.15) is 0 Å². The maximum atomic E-state index is 13.0. The van der Waals surface area contributed by atoms with E-state index in [-0.39, 0.29) is 23.3 Å². The Morgan fingerprint density at radius 3 is 2.30 bits per heavy atom. The van der Waals surface area contributed by atoms with Gasteiger partial charge in [-0.05, 0) is 55.8 Å². The number of nitrogens with one attached hydrogen (secondary N) is 2. The van der Waals surface area contributed by atoms with Crippen LogP contribution in [0.25, 0.3) is 27.3 Å². The van der Waals surface area contributed by atoms with E-state index in [0.29, 0.717) is 16.7 Å². The van der Waals surface area contributed by atoms with E-state index in [1.165, 1.54) is 34.9 Å². The predicted octanol–water partition coefficient (Wildman–Crippen LogP) is 7.62. The lowest BCUT2D eigenvalue weighted by molar-refractivity contribution is -0.114. The van der Waals surface area contributed by atoms with E-state index in [9.17, 15) is 9.59 Å². The molecule has 4 aromatic carbocycles. The first-order valence-electron chi connectivity index (χ1n) is 13.8. The Balaban J connectivity index is 1.08. The minimum Gasteiger partial charge on any atom is -0.325 e. The van der Waals surface area contributed by atoms with Crippen LogP contribution >= 0.6 is 34.9 Å². The number of nitrogens with zero attached hydrogens (tertiary/aromatic N) is 4. The first kappa shape index (κ1) is 29.6. The molecule has 6 aromatic rings. The van der Waals surface area contributed by atoms with Crippen LogP contribution in [-0.2, 0) is 9.59 Å². The van der Waals surface area contributed by atoms with Crippen LogP contribution in [-0.4, -0.2) is 43.1 Å². The van der Waals surface area contributed by atoms with Crippen molar-refractivity contribution in [3.05, 3.63) is 108 Å². The van der Waals surface area contributed by atoms with E-state index in [1.54, 1.807) is 0 Å². The number of rotatable bonds is 10. The van der Waals surface area contributed by atoms with Crippen molar-refractivity contribution >= 4 is 68.3 Å². The van der Waals surface area contributed by atoms with Crippen LogP contribution < -0.4 is 10.6 Å². The highest BCUT2D eigenvalue weighted by Crippen LogP contribution is 2.32. The Kier molecular flexibility index (Phi) is 9.06. The van der Waals surface area contributed by atoms with E-state index in [2.05, 4.69) is 25.8 Å². The number of hydrogen-bond donors (Lipinski definition) is 2. The Morgan fingerprint density at radius 2 is 1.52 bits per heavy atom. The van der Waals surface area contributed by atoms with Crippen LogP contribution in [0.5, 0.6) is 0 Å². The zero-order valence-electron chi connectivity index (χ0n) is 24.0. The predicted molar refractivity (Wildman–Crippen MR) is 181 cm³/mol. The zero-order valence-corrected chi connectivity index (χ0v) is 26.4. The molecule has 220 valence electrons. The van der Waals surface area contributed by atoms with Crippen molar-refractivity contribution in [1.29, 1.82) is 0 Å². The summed E-state index contributed by atoms with van der Waals surface area (Å²) in [5.74, 6) is 0.905. The van der Waals surface area contributed by atoms with Gasteiger partial charge in [-0.3, -0.25) is 14.2 Å². The number of carbonyl (C=O) groups is 2. The summed E-state index contributed by atoms with van der Waals surface area (Å²) in [5, 5.41) is 15.4. The Morgan fingerprint density at radius 1 is 0.795 bits per heavy atom. The van der Waals surface area contributed by atoms with Gasteiger partial charge in [0.25, 0.3) is 0 Å². The number of para-hydroxylation sites is 1. The molecule has 0 aliphatic carbocycles. The Bertz CT molecular complexity index is 1940. The van der Waals surface area contributed by atoms with Gasteiger partial charge in [0.2, 0.25) is 11.8 Å². The summed E-state index contributed by atoms with van der Waals surface area (Å²) in [6, 6.07) is 31.3. The summed E-state index contributed by atoms with van der Waals surface area (Å²) in [7, 11) is 0. The largest absolute Gasteiger partial charge is 0.325 e. The molecule has 11 heteroatoms. The van der Waals surface area contributed by atoms with Gasteiger partial charge in [0, 0.05) is 22.6 Å². The average molecular weight is 637 g/mol. The zero-order chi connectivity index (χ0) is 30.5. The summed E-state index contributed by atoms with van der Waals surface area (Å²) in [4.78, 5) is 30.2. The SMILES string of the molecule is Cc1ccc(NC(=O)CSc2nc3ccc(NC(=O)CSc4nnc(-c5ccccc5)n4-c4ccccc4)cc3s2)c(C)c1. The number of hydrogen-bond acceptors (Lipinski definition) is 8. The lowest BCUT2D eigenvalue weighted by Crippen LogP contribution is -2.14. The molecule has 2 amide bonds. The van der Waals surface area contributed by atoms with Crippen LogP contribution in [0, 0.1) is 13.8 Å². The average Bonchev–Trinajstić information content (AvgIpc) is 3.65. The van der Waals surface area contributed by atoms with Gasteiger partial charge in [-0.1, -0.05) is 89.8 Å². The number of thioether (sulfide) groups is 2. The molecule has 0 radical (unpaired) electrons. The summed E-state index contributed by atoms with van der Waals surface area (Å²) in [5.41, 5.74) is 6.38. The molecule has 0 fully saturated rings. The third-order valence-electron chi connectivity index (χ3n) is 6.65. The van der Waals surface area contributed by atoms with Gasteiger partial charge < -0.3 is 10.6 Å². The van der Waals surface area contributed by atoms with E-state index in [4.69, 9.17) is 0 Å². The smallest absolute Gasteiger partial charge is 0.234 e. The van der Waals surface area contributed by atoms with Crippen molar-refractivity contribution in [1.82, 2.24) is 19.7 Å². The van der Waals surface area contributed by atoms with Crippen molar-refractivity contribution in [2.45, 2.75) is 23.3 Å². The standard InChI is InChI=1S/C33H28N6O2S3/c1-21-13-15-26(22(2)17-21)35-30(41)20-43-33-36-27-16-14-24(18-28(27)44-33)34-29(40)19-42-32-38-37-31(23-9-5-3-6-10-23)39(32)25-11-7-4-8-12-25/h3-18H,19-20H2,1-2H3,(H,34,40)(H,35,41). The Hall–Kier alpha value is -4.45. The summed E-state index contributed by atoms with van der Waals surface area (Å²) in [6.45, 7) is 4.01. The summed E-state index contributed by atoms with van der Waals surface area (Å²) < 4.78 is 3.70. The fourth-order valence-electron chi connectivity index (χ4n) is 4.58. The van der Waals surface area contributed by atoms with Crippen LogP contribution in [0.15, 0.2) is 107 Å². The molecule has 0 saturated heterocycles. The second-order valence-corrected chi connectivity index (χ2v) is 13.2. The maximum Gasteiger partial charge on any atom is 0.234 e. The summed E-state index contributed by atoms with van der Waals surface area (Å²) >= 11 is 4.22. The maximum absolute atomic E-state index is 13.0. The van der Waals surface area contributed by atoms with Crippen molar-refractivity contribution in [3.8, 4) is 17.1 Å². The molecule has 44 heavy (non-hydrogen) atoms. The molecule has 0 aliphatic rings. The number of aromatic nitrogens is 4. The first-order chi connectivity index (χ1) is 21.4. The second-order valence-electron chi connectivity index (χ2n) is 10.00. The normalized spacial score (nSPS) is 11.0. The molecule has 0 bridgehead atoms. The molecule has 0 aliphatic heterocycles.